The van der Waals surface area contributed by atoms with Crippen LogP contribution in [0, 0.1) is 0 Å². The highest BCUT2D eigenvalue weighted by Crippen LogP contribution is 2.31. The van der Waals surface area contributed by atoms with Crippen molar-refractivity contribution in [3.63, 3.8) is 0 Å². The van der Waals surface area contributed by atoms with Gasteiger partial charge >= 0.3 is 11.1 Å². The minimum absolute atomic E-state index is 0.114. The monoisotopic (exact) mass is 295 g/mol. The van der Waals surface area contributed by atoms with Crippen LogP contribution in [0.25, 0.3) is 11.0 Å². The predicted molar refractivity (Wildman–Crippen MR) is 68.3 cm³/mol. The second-order valence-corrected chi connectivity index (χ2v) is 5.10. The van der Waals surface area contributed by atoms with E-state index in [2.05, 4.69) is 20.9 Å². The molecule has 17 heavy (non-hydrogen) atoms. The number of H-pyrrole nitrogens is 1. The van der Waals surface area contributed by atoms with Gasteiger partial charge in [-0.05, 0) is 24.1 Å². The largest absolute Gasteiger partial charge is 0.328 e. The van der Waals surface area contributed by atoms with E-state index in [1.165, 1.54) is 4.57 Å². The van der Waals surface area contributed by atoms with Crippen molar-refractivity contribution in [3.8, 4) is 0 Å². The molecule has 0 saturated heterocycles. The van der Waals surface area contributed by atoms with Crippen molar-refractivity contribution in [2.45, 2.75) is 12.5 Å². The second kappa shape index (κ2) is 3.54. The molecule has 1 unspecified atom stereocenters. The lowest BCUT2D eigenvalue weighted by molar-refractivity contribution is 0.535. The number of benzene rings is 1. The van der Waals surface area contributed by atoms with E-state index < -0.39 is 11.1 Å². The Balaban J connectivity index is 2.54. The summed E-state index contributed by atoms with van der Waals surface area (Å²) in [6, 6.07) is 3.65. The zero-order chi connectivity index (χ0) is 12.2. The van der Waals surface area contributed by atoms with Crippen molar-refractivity contribution in [3.05, 3.63) is 42.9 Å². The zero-order valence-electron chi connectivity index (χ0n) is 8.87. The van der Waals surface area contributed by atoms with Crippen molar-refractivity contribution in [1.82, 2.24) is 9.55 Å². The van der Waals surface area contributed by atoms with Gasteiger partial charge in [0.25, 0.3) is 0 Å². The first-order valence-electron chi connectivity index (χ1n) is 5.29. The average Bonchev–Trinajstić information content (AvgIpc) is 2.64. The van der Waals surface area contributed by atoms with E-state index >= 15 is 0 Å². The van der Waals surface area contributed by atoms with Crippen LogP contribution in [0.3, 0.4) is 0 Å². The molecule has 0 saturated carbocycles. The number of rotatable bonds is 1. The number of nitrogens with one attached hydrogen (secondary N) is 1. The Morgan fingerprint density at radius 2 is 2.24 bits per heavy atom. The first-order chi connectivity index (χ1) is 8.11. The molecule has 5 nitrogen and oxygen atoms in total. The van der Waals surface area contributed by atoms with E-state index in [9.17, 15) is 9.59 Å². The summed E-state index contributed by atoms with van der Waals surface area (Å²) in [5.74, 6) is 0. The zero-order valence-corrected chi connectivity index (χ0v) is 10.5. The van der Waals surface area contributed by atoms with Gasteiger partial charge in [0.1, 0.15) is 0 Å². The molecular formula is C11H10BrN3O2. The molecule has 88 valence electrons. The SMILES string of the molecule is NCC1Cc2cc(Br)cc3[nH]c(=O)c(=O)n1c23. The topological polar surface area (TPSA) is 80.9 Å². The summed E-state index contributed by atoms with van der Waals surface area (Å²) in [7, 11) is 0. The molecule has 1 atom stereocenters. The van der Waals surface area contributed by atoms with Crippen LogP contribution >= 0.6 is 15.9 Å². The number of aromatic amines is 1. The number of hydrogen-bond donors (Lipinski definition) is 2. The van der Waals surface area contributed by atoms with Crippen LogP contribution < -0.4 is 16.9 Å². The summed E-state index contributed by atoms with van der Waals surface area (Å²) >= 11 is 3.39. The van der Waals surface area contributed by atoms with Crippen LogP contribution in [0.1, 0.15) is 11.6 Å². The summed E-state index contributed by atoms with van der Waals surface area (Å²) in [6.07, 6.45) is 0.693. The fourth-order valence-corrected chi connectivity index (χ4v) is 2.97. The maximum absolute atomic E-state index is 11.9. The van der Waals surface area contributed by atoms with E-state index in [1.807, 2.05) is 6.07 Å². The van der Waals surface area contributed by atoms with Gasteiger partial charge in [0.2, 0.25) is 0 Å². The Morgan fingerprint density at radius 3 is 2.94 bits per heavy atom. The van der Waals surface area contributed by atoms with Gasteiger partial charge in [-0.3, -0.25) is 14.2 Å². The quantitative estimate of drug-likeness (QED) is 0.752. The third-order valence-electron chi connectivity index (χ3n) is 3.15. The summed E-state index contributed by atoms with van der Waals surface area (Å²) in [4.78, 5) is 26.0. The van der Waals surface area contributed by atoms with Crippen molar-refractivity contribution in [2.24, 2.45) is 5.73 Å². The highest BCUT2D eigenvalue weighted by Gasteiger charge is 2.25. The molecule has 0 aliphatic carbocycles. The molecule has 0 radical (unpaired) electrons. The average molecular weight is 296 g/mol. The van der Waals surface area contributed by atoms with Gasteiger partial charge in [0.05, 0.1) is 17.1 Å². The normalized spacial score (nSPS) is 17.9. The fourth-order valence-electron chi connectivity index (χ4n) is 2.46. The van der Waals surface area contributed by atoms with Gasteiger partial charge in [0, 0.05) is 11.0 Å². The Hall–Kier alpha value is -1.40. The van der Waals surface area contributed by atoms with Crippen molar-refractivity contribution >= 4 is 27.0 Å². The first kappa shape index (κ1) is 10.7. The maximum atomic E-state index is 11.9. The first-order valence-corrected chi connectivity index (χ1v) is 6.08. The second-order valence-electron chi connectivity index (χ2n) is 4.18. The maximum Gasteiger partial charge on any atom is 0.317 e. The van der Waals surface area contributed by atoms with Crippen LogP contribution in [0.2, 0.25) is 0 Å². The lowest BCUT2D eigenvalue weighted by Crippen LogP contribution is -2.38. The standard InChI is InChI=1S/C11H10BrN3O2/c12-6-1-5-2-7(4-13)15-9(5)8(3-6)14-10(16)11(15)17/h1,3,7H,2,4,13H2,(H,14,16). The Kier molecular flexibility index (Phi) is 2.24. The van der Waals surface area contributed by atoms with Crippen LogP contribution in [0.4, 0.5) is 0 Å². The molecule has 3 N–H and O–H groups in total. The van der Waals surface area contributed by atoms with E-state index in [0.29, 0.717) is 18.5 Å². The van der Waals surface area contributed by atoms with E-state index in [0.717, 1.165) is 15.6 Å². The van der Waals surface area contributed by atoms with Crippen molar-refractivity contribution < 1.29 is 0 Å². The molecule has 0 bridgehead atoms. The molecule has 3 rings (SSSR count). The summed E-state index contributed by atoms with van der Waals surface area (Å²) in [5, 5.41) is 0. The molecule has 0 fully saturated rings. The summed E-state index contributed by atoms with van der Waals surface area (Å²) in [5.41, 5.74) is 7.06. The smallest absolute Gasteiger partial charge is 0.317 e. The van der Waals surface area contributed by atoms with Gasteiger partial charge in [-0.25, -0.2) is 0 Å². The van der Waals surface area contributed by atoms with Crippen LogP contribution in [-0.4, -0.2) is 16.1 Å². The van der Waals surface area contributed by atoms with Crippen LogP contribution in [0.5, 0.6) is 0 Å². The lowest BCUT2D eigenvalue weighted by Gasteiger charge is -2.10. The lowest BCUT2D eigenvalue weighted by atomic mass is 10.1. The van der Waals surface area contributed by atoms with Crippen LogP contribution in [-0.2, 0) is 6.42 Å². The molecule has 0 spiro atoms. The van der Waals surface area contributed by atoms with Gasteiger partial charge < -0.3 is 10.7 Å². The highest BCUT2D eigenvalue weighted by atomic mass is 79.9. The molecule has 1 aromatic carbocycles. The molecule has 6 heteroatoms. The third kappa shape index (κ3) is 1.41. The van der Waals surface area contributed by atoms with E-state index in [4.69, 9.17) is 5.73 Å². The molecule has 2 aromatic rings. The van der Waals surface area contributed by atoms with Gasteiger partial charge in [-0.2, -0.15) is 0 Å². The number of nitrogens with zero attached hydrogens (tertiary/aromatic N) is 1. The predicted octanol–water partition coefficient (Wildman–Crippen LogP) is 0.508. The van der Waals surface area contributed by atoms with E-state index in [-0.39, 0.29) is 6.04 Å². The minimum atomic E-state index is -0.595. The number of hydrogen-bond acceptors (Lipinski definition) is 3. The van der Waals surface area contributed by atoms with Crippen molar-refractivity contribution in [2.75, 3.05) is 6.54 Å². The summed E-state index contributed by atoms with van der Waals surface area (Å²) in [6.45, 7) is 0.352. The van der Waals surface area contributed by atoms with Crippen LogP contribution in [0.15, 0.2) is 26.2 Å². The van der Waals surface area contributed by atoms with Crippen molar-refractivity contribution in [1.29, 1.82) is 0 Å². The molecule has 0 amide bonds. The highest BCUT2D eigenvalue weighted by molar-refractivity contribution is 9.10. The fraction of sp³-hybridized carbons (Fsp3) is 0.273. The molecule has 1 aromatic heterocycles. The minimum Gasteiger partial charge on any atom is -0.328 e. The summed E-state index contributed by atoms with van der Waals surface area (Å²) < 4.78 is 2.41. The molecule has 2 heterocycles. The van der Waals surface area contributed by atoms with Gasteiger partial charge in [0.15, 0.2) is 0 Å². The molecular weight excluding hydrogens is 286 g/mol. The Morgan fingerprint density at radius 1 is 1.47 bits per heavy atom. The van der Waals surface area contributed by atoms with E-state index in [1.54, 1.807) is 6.07 Å². The number of halogens is 1. The van der Waals surface area contributed by atoms with Gasteiger partial charge in [-0.15, -0.1) is 0 Å². The third-order valence-corrected chi connectivity index (χ3v) is 3.61. The number of aromatic nitrogens is 2. The molecule has 1 aliphatic rings. The molecule has 1 aliphatic heterocycles. The Labute approximate surface area is 104 Å². The Bertz CT molecular complexity index is 732. The number of nitrogens with two attached hydrogens (primary N) is 1. The van der Waals surface area contributed by atoms with Gasteiger partial charge in [-0.1, -0.05) is 15.9 Å².